The topological polar surface area (TPSA) is 93.1 Å². The Kier molecular flexibility index (Phi) is 13.5. The molecule has 0 aliphatic heterocycles. The first-order valence-electron chi connectivity index (χ1n) is 20.8. The summed E-state index contributed by atoms with van der Waals surface area (Å²) in [4.78, 5) is 28.3. The standard InChI is InChI=1S/C51H66O6S2/c1-31(25-43(52)57-30-38-36-21-17-15-19-34(36)35-20-16-18-22-37(35)38)46(55)56-24-23-50(11,12)42-29-33(28-41(45(42)54)49(8,9)10)59-51(13,14)58-32-26-39(47(2,3)4)44(53)40(27-32)48(5,6)7/h15-22,26-29,31,38,53-54H,23-25,30H2,1-14H3. The highest BCUT2D eigenvalue weighted by atomic mass is 32.2. The molecule has 0 amide bonds. The predicted molar refractivity (Wildman–Crippen MR) is 245 cm³/mol. The number of hydrogen-bond acceptors (Lipinski definition) is 8. The van der Waals surface area contributed by atoms with Gasteiger partial charge in [-0.3, -0.25) is 9.59 Å². The molecule has 0 fully saturated rings. The van der Waals surface area contributed by atoms with Gasteiger partial charge < -0.3 is 19.7 Å². The molecule has 0 heterocycles. The molecule has 6 nitrogen and oxygen atoms in total. The minimum absolute atomic E-state index is 0.0460. The molecule has 0 aromatic heterocycles. The second-order valence-corrected chi connectivity index (χ2v) is 24.1. The maximum atomic E-state index is 13.2. The molecule has 4 aromatic carbocycles. The summed E-state index contributed by atoms with van der Waals surface area (Å²) >= 11 is 3.51. The smallest absolute Gasteiger partial charge is 0.309 e. The molecule has 1 unspecified atom stereocenters. The zero-order valence-electron chi connectivity index (χ0n) is 37.8. The monoisotopic (exact) mass is 838 g/mol. The van der Waals surface area contributed by atoms with Crippen LogP contribution >= 0.6 is 23.5 Å². The van der Waals surface area contributed by atoms with Crippen molar-refractivity contribution in [1.29, 1.82) is 0 Å². The van der Waals surface area contributed by atoms with Crippen molar-refractivity contribution in [2.24, 2.45) is 5.92 Å². The molecule has 8 heteroatoms. The fourth-order valence-electron chi connectivity index (χ4n) is 7.84. The Labute approximate surface area is 362 Å². The van der Waals surface area contributed by atoms with Crippen molar-refractivity contribution in [2.45, 2.75) is 151 Å². The van der Waals surface area contributed by atoms with Crippen LogP contribution in [0.5, 0.6) is 11.5 Å². The van der Waals surface area contributed by atoms with Gasteiger partial charge in [-0.15, -0.1) is 23.5 Å². The van der Waals surface area contributed by atoms with Gasteiger partial charge in [0.1, 0.15) is 18.1 Å². The minimum atomic E-state index is -0.665. The molecule has 1 aliphatic rings. The number of carbonyl (C=O) groups is 2. The molecule has 0 bridgehead atoms. The van der Waals surface area contributed by atoms with E-state index in [2.05, 4.69) is 139 Å². The van der Waals surface area contributed by atoms with Gasteiger partial charge in [0.05, 0.1) is 23.0 Å². The summed E-state index contributed by atoms with van der Waals surface area (Å²) < 4.78 is 11.2. The number of phenols is 2. The van der Waals surface area contributed by atoms with E-state index in [0.29, 0.717) is 12.2 Å². The Hall–Kier alpha value is -3.88. The number of thioether (sulfide) groups is 2. The molecular formula is C51H66O6S2. The summed E-state index contributed by atoms with van der Waals surface area (Å²) in [5.41, 5.74) is 6.79. The normalized spacial score (nSPS) is 14.1. The third-order valence-electron chi connectivity index (χ3n) is 11.3. The number of fused-ring (bicyclic) bond motifs is 3. The number of esters is 2. The molecule has 5 rings (SSSR count). The van der Waals surface area contributed by atoms with Gasteiger partial charge in [-0.25, -0.2) is 0 Å². The summed E-state index contributed by atoms with van der Waals surface area (Å²) in [6, 6.07) is 24.8. The number of benzene rings is 4. The van der Waals surface area contributed by atoms with Gasteiger partial charge in [0.2, 0.25) is 0 Å². The maximum absolute atomic E-state index is 13.2. The van der Waals surface area contributed by atoms with E-state index in [0.717, 1.165) is 54.3 Å². The van der Waals surface area contributed by atoms with Crippen LogP contribution in [0.3, 0.4) is 0 Å². The molecule has 0 saturated carbocycles. The van der Waals surface area contributed by atoms with E-state index in [1.54, 1.807) is 30.4 Å². The average molecular weight is 839 g/mol. The first-order chi connectivity index (χ1) is 27.2. The lowest BCUT2D eigenvalue weighted by atomic mass is 9.77. The fourth-order valence-corrected chi connectivity index (χ4v) is 10.4. The number of ether oxygens (including phenoxy) is 2. The molecule has 2 N–H and O–H groups in total. The Balaban J connectivity index is 1.25. The molecule has 0 saturated heterocycles. The zero-order chi connectivity index (χ0) is 43.9. The summed E-state index contributed by atoms with van der Waals surface area (Å²) in [6.07, 6.45) is 0.401. The lowest BCUT2D eigenvalue weighted by Crippen LogP contribution is -2.25. The van der Waals surface area contributed by atoms with Crippen molar-refractivity contribution in [1.82, 2.24) is 0 Å². The summed E-state index contributed by atoms with van der Waals surface area (Å²) in [5, 5.41) is 23.1. The third kappa shape index (κ3) is 10.9. The van der Waals surface area contributed by atoms with Gasteiger partial charge in [-0.1, -0.05) is 132 Å². The molecule has 59 heavy (non-hydrogen) atoms. The first kappa shape index (κ1) is 46.2. The second-order valence-electron chi connectivity index (χ2n) is 20.4. The van der Waals surface area contributed by atoms with Crippen molar-refractivity contribution in [3.05, 3.63) is 106 Å². The van der Waals surface area contributed by atoms with E-state index < -0.39 is 23.3 Å². The van der Waals surface area contributed by atoms with Crippen molar-refractivity contribution in [3.8, 4) is 22.6 Å². The van der Waals surface area contributed by atoms with Gasteiger partial charge in [0.15, 0.2) is 0 Å². The van der Waals surface area contributed by atoms with E-state index in [1.807, 2.05) is 24.3 Å². The second kappa shape index (κ2) is 17.2. The van der Waals surface area contributed by atoms with Crippen LogP contribution in [0, 0.1) is 5.92 Å². The van der Waals surface area contributed by atoms with Crippen LogP contribution in [0.2, 0.25) is 0 Å². The Morgan fingerprint density at radius 3 is 1.47 bits per heavy atom. The maximum Gasteiger partial charge on any atom is 0.309 e. The van der Waals surface area contributed by atoms with Gasteiger partial charge in [-0.2, -0.15) is 0 Å². The number of phenolic OH excluding ortho intramolecular Hbond substituents is 2. The predicted octanol–water partition coefficient (Wildman–Crippen LogP) is 13.2. The molecule has 1 atom stereocenters. The molecule has 4 aromatic rings. The number of aromatic hydroxyl groups is 2. The minimum Gasteiger partial charge on any atom is -0.507 e. The lowest BCUT2D eigenvalue weighted by Gasteiger charge is -2.32. The number of carbonyl (C=O) groups excluding carboxylic acids is 2. The summed E-state index contributed by atoms with van der Waals surface area (Å²) in [6.45, 7) is 29.7. The highest BCUT2D eigenvalue weighted by Crippen LogP contribution is 2.51. The Morgan fingerprint density at radius 2 is 1.03 bits per heavy atom. The van der Waals surface area contributed by atoms with E-state index in [1.165, 1.54) is 0 Å². The van der Waals surface area contributed by atoms with Crippen LogP contribution < -0.4 is 0 Å². The number of hydrogen-bond donors (Lipinski definition) is 2. The van der Waals surface area contributed by atoms with Crippen molar-refractivity contribution < 1.29 is 29.3 Å². The highest BCUT2D eigenvalue weighted by Gasteiger charge is 2.34. The van der Waals surface area contributed by atoms with E-state index in [9.17, 15) is 19.8 Å². The highest BCUT2D eigenvalue weighted by molar-refractivity contribution is 8.18. The van der Waals surface area contributed by atoms with Crippen LogP contribution in [0.1, 0.15) is 149 Å². The molecular weight excluding hydrogens is 773 g/mol. The quantitative estimate of drug-likeness (QED) is 0.0781. The van der Waals surface area contributed by atoms with Crippen LogP contribution in [0.4, 0.5) is 0 Å². The van der Waals surface area contributed by atoms with Gasteiger partial charge >= 0.3 is 11.9 Å². The summed E-state index contributed by atoms with van der Waals surface area (Å²) in [7, 11) is 0. The zero-order valence-corrected chi connectivity index (χ0v) is 39.4. The van der Waals surface area contributed by atoms with Crippen LogP contribution in [-0.2, 0) is 40.7 Å². The molecule has 0 spiro atoms. The average Bonchev–Trinajstić information content (AvgIpc) is 3.43. The lowest BCUT2D eigenvalue weighted by molar-refractivity contribution is -0.155. The Morgan fingerprint density at radius 1 is 0.627 bits per heavy atom. The van der Waals surface area contributed by atoms with E-state index in [-0.39, 0.29) is 51.6 Å². The van der Waals surface area contributed by atoms with Crippen LogP contribution in [0.15, 0.2) is 82.6 Å². The Bertz CT molecular complexity index is 2100. The van der Waals surface area contributed by atoms with Gasteiger partial charge in [0.25, 0.3) is 0 Å². The largest absolute Gasteiger partial charge is 0.507 e. The molecule has 0 radical (unpaired) electrons. The van der Waals surface area contributed by atoms with Crippen molar-refractivity contribution >= 4 is 35.5 Å². The van der Waals surface area contributed by atoms with Gasteiger partial charge in [-0.05, 0) is 88.4 Å². The van der Waals surface area contributed by atoms with Crippen molar-refractivity contribution in [2.75, 3.05) is 13.2 Å². The first-order valence-corrected chi connectivity index (χ1v) is 22.5. The van der Waals surface area contributed by atoms with Crippen LogP contribution in [0.25, 0.3) is 11.1 Å². The number of rotatable bonds is 13. The van der Waals surface area contributed by atoms with E-state index >= 15 is 0 Å². The SMILES string of the molecule is CC(CC(=O)OCC1c2ccccc2-c2ccccc21)C(=O)OCCC(C)(C)c1cc(SC(C)(C)Sc2cc(C(C)(C)C)c(O)c(C(C)(C)C)c2)cc(C(C)(C)C)c1O. The van der Waals surface area contributed by atoms with Crippen LogP contribution in [-0.4, -0.2) is 39.4 Å². The molecule has 318 valence electrons. The summed E-state index contributed by atoms with van der Waals surface area (Å²) in [5.74, 6) is -0.958. The van der Waals surface area contributed by atoms with Crippen molar-refractivity contribution in [3.63, 3.8) is 0 Å². The fraction of sp³-hybridized carbons (Fsp3) is 0.490. The van der Waals surface area contributed by atoms with E-state index in [4.69, 9.17) is 9.47 Å². The molecule has 1 aliphatic carbocycles. The third-order valence-corrected chi connectivity index (χ3v) is 13.7. The van der Waals surface area contributed by atoms with Gasteiger partial charge in [0, 0.05) is 38.0 Å².